The van der Waals surface area contributed by atoms with Gasteiger partial charge < -0.3 is 24.0 Å². The van der Waals surface area contributed by atoms with Crippen molar-refractivity contribution < 1.29 is 28.2 Å². The Labute approximate surface area is 117 Å². The van der Waals surface area contributed by atoms with Gasteiger partial charge in [0.15, 0.2) is 0 Å². The molecule has 0 aromatic carbocycles. The molecule has 0 aromatic rings. The number of piperazine rings is 1. The molecule has 1 aliphatic heterocycles. The van der Waals surface area contributed by atoms with Crippen molar-refractivity contribution in [1.29, 1.82) is 0 Å². The van der Waals surface area contributed by atoms with Gasteiger partial charge in [-0.15, -0.1) is 0 Å². The number of carbonyl (C=O) groups is 2. The molecule has 1 rings (SSSR count). The highest BCUT2D eigenvalue weighted by molar-refractivity contribution is 5.80. The molecule has 7 nitrogen and oxygen atoms in total. The Bertz CT molecular complexity index is 317. The Morgan fingerprint density at radius 3 is 2.15 bits per heavy atom. The summed E-state index contributed by atoms with van der Waals surface area (Å²) in [6.07, 6.45) is -1.19. The summed E-state index contributed by atoms with van der Waals surface area (Å²) in [6.45, 7) is 1.09. The topological polar surface area (TPSA) is 68.3 Å². The molecule has 0 unspecified atom stereocenters. The number of hydrogen-bond acceptors (Lipinski definition) is 5. The first-order valence-electron chi connectivity index (χ1n) is 6.46. The van der Waals surface area contributed by atoms with E-state index in [-0.39, 0.29) is 18.9 Å². The van der Waals surface area contributed by atoms with Crippen molar-refractivity contribution in [2.24, 2.45) is 0 Å². The largest absolute Gasteiger partial charge is 0.449 e. The second kappa shape index (κ2) is 8.70. The van der Waals surface area contributed by atoms with Crippen LogP contribution in [-0.4, -0.2) is 81.8 Å². The average molecular weight is 292 g/mol. The summed E-state index contributed by atoms with van der Waals surface area (Å²) in [5.41, 5.74) is 0. The fourth-order valence-corrected chi connectivity index (χ4v) is 1.86. The number of ether oxygens (including phenoxy) is 3. The van der Waals surface area contributed by atoms with Crippen LogP contribution in [-0.2, 0) is 19.0 Å². The van der Waals surface area contributed by atoms with Crippen LogP contribution in [0.4, 0.5) is 9.18 Å². The van der Waals surface area contributed by atoms with E-state index in [1.165, 1.54) is 19.1 Å². The highest BCUT2D eigenvalue weighted by Gasteiger charge is 2.29. The van der Waals surface area contributed by atoms with Crippen LogP contribution in [0.15, 0.2) is 0 Å². The number of carbonyl (C=O) groups excluding carboxylic acids is 2. The van der Waals surface area contributed by atoms with Crippen LogP contribution in [0.3, 0.4) is 0 Å². The molecule has 1 fully saturated rings. The van der Waals surface area contributed by atoms with Gasteiger partial charge in [0.25, 0.3) is 5.91 Å². The zero-order chi connectivity index (χ0) is 15.0. The predicted molar refractivity (Wildman–Crippen MR) is 67.9 cm³/mol. The number of rotatable bonds is 6. The summed E-state index contributed by atoms with van der Waals surface area (Å²) in [5.74, 6) is -0.263. The standard InChI is InChI=1S/C12H21FN2O5/c1-18-11(19-2)10(16)14-5-7-15(8-6-14)12(17)20-9-3-4-13/h11H,3-9H2,1-2H3. The molecule has 1 aliphatic rings. The molecule has 0 bridgehead atoms. The minimum absolute atomic E-state index is 0.0733. The van der Waals surface area contributed by atoms with Crippen molar-refractivity contribution in [3.8, 4) is 0 Å². The van der Waals surface area contributed by atoms with Gasteiger partial charge in [0.2, 0.25) is 6.29 Å². The van der Waals surface area contributed by atoms with E-state index in [2.05, 4.69) is 0 Å². The third-order valence-electron chi connectivity index (χ3n) is 2.98. The van der Waals surface area contributed by atoms with Crippen molar-refractivity contribution in [2.45, 2.75) is 12.7 Å². The molecule has 0 saturated carbocycles. The Kier molecular flexibility index (Phi) is 7.24. The van der Waals surface area contributed by atoms with Crippen LogP contribution in [0.5, 0.6) is 0 Å². The maximum absolute atomic E-state index is 11.9. The molecular weight excluding hydrogens is 271 g/mol. The van der Waals surface area contributed by atoms with Crippen LogP contribution >= 0.6 is 0 Å². The van der Waals surface area contributed by atoms with Crippen LogP contribution in [0.25, 0.3) is 0 Å². The lowest BCUT2D eigenvalue weighted by Gasteiger charge is -2.35. The second-order valence-electron chi connectivity index (χ2n) is 4.27. The molecule has 8 heteroatoms. The van der Waals surface area contributed by atoms with Crippen molar-refractivity contribution in [3.63, 3.8) is 0 Å². The Morgan fingerprint density at radius 2 is 1.65 bits per heavy atom. The third kappa shape index (κ3) is 4.61. The minimum Gasteiger partial charge on any atom is -0.449 e. The quantitative estimate of drug-likeness (QED) is 0.518. The fourth-order valence-electron chi connectivity index (χ4n) is 1.86. The number of alkyl halides is 1. The minimum atomic E-state index is -0.918. The van der Waals surface area contributed by atoms with Gasteiger partial charge in [-0.25, -0.2) is 4.79 Å². The maximum Gasteiger partial charge on any atom is 0.409 e. The van der Waals surface area contributed by atoms with E-state index in [9.17, 15) is 14.0 Å². The summed E-state index contributed by atoms with van der Waals surface area (Å²) in [7, 11) is 2.79. The van der Waals surface area contributed by atoms with E-state index in [0.29, 0.717) is 26.2 Å². The van der Waals surface area contributed by atoms with E-state index in [1.54, 1.807) is 4.90 Å². The molecular formula is C12H21FN2O5. The highest BCUT2D eigenvalue weighted by Crippen LogP contribution is 2.07. The van der Waals surface area contributed by atoms with Gasteiger partial charge in [-0.3, -0.25) is 9.18 Å². The predicted octanol–water partition coefficient (Wildman–Crippen LogP) is 0.246. The molecule has 0 spiro atoms. The molecule has 116 valence electrons. The van der Waals surface area contributed by atoms with E-state index in [1.807, 2.05) is 0 Å². The van der Waals surface area contributed by atoms with Crippen LogP contribution in [0, 0.1) is 0 Å². The van der Waals surface area contributed by atoms with Crippen molar-refractivity contribution >= 4 is 12.0 Å². The average Bonchev–Trinajstić information content (AvgIpc) is 2.48. The molecule has 0 N–H and O–H groups in total. The summed E-state index contributed by atoms with van der Waals surface area (Å²) < 4.78 is 26.6. The normalized spacial score (nSPS) is 15.6. The molecule has 1 heterocycles. The molecule has 0 aromatic heterocycles. The lowest BCUT2D eigenvalue weighted by Crippen LogP contribution is -2.53. The molecule has 0 radical (unpaired) electrons. The number of methoxy groups -OCH3 is 2. The molecule has 0 aliphatic carbocycles. The zero-order valence-corrected chi connectivity index (χ0v) is 11.8. The lowest BCUT2D eigenvalue weighted by molar-refractivity contribution is -0.171. The first-order valence-corrected chi connectivity index (χ1v) is 6.46. The summed E-state index contributed by atoms with van der Waals surface area (Å²) >= 11 is 0. The summed E-state index contributed by atoms with van der Waals surface area (Å²) in [6, 6.07) is 0. The van der Waals surface area contributed by atoms with Crippen molar-refractivity contribution in [3.05, 3.63) is 0 Å². The van der Waals surface area contributed by atoms with Crippen molar-refractivity contribution in [1.82, 2.24) is 9.80 Å². The first kappa shape index (κ1) is 16.6. The van der Waals surface area contributed by atoms with E-state index < -0.39 is 19.1 Å². The second-order valence-corrected chi connectivity index (χ2v) is 4.27. The lowest BCUT2D eigenvalue weighted by atomic mass is 10.3. The SMILES string of the molecule is COC(OC)C(=O)N1CCN(C(=O)OCCCF)CC1. The number of nitrogens with zero attached hydrogens (tertiary/aromatic N) is 2. The monoisotopic (exact) mass is 292 g/mol. The molecule has 0 atom stereocenters. The number of amides is 2. The van der Waals surface area contributed by atoms with E-state index >= 15 is 0 Å². The Balaban J connectivity index is 2.35. The van der Waals surface area contributed by atoms with Gasteiger partial charge >= 0.3 is 6.09 Å². The Morgan fingerprint density at radius 1 is 1.10 bits per heavy atom. The van der Waals surface area contributed by atoms with Gasteiger partial charge in [0.05, 0.1) is 13.3 Å². The third-order valence-corrected chi connectivity index (χ3v) is 2.98. The smallest absolute Gasteiger partial charge is 0.409 e. The van der Waals surface area contributed by atoms with Crippen LogP contribution < -0.4 is 0 Å². The summed E-state index contributed by atoms with van der Waals surface area (Å²) in [4.78, 5) is 26.6. The summed E-state index contributed by atoms with van der Waals surface area (Å²) in [5, 5.41) is 0. The molecule has 2 amide bonds. The number of hydrogen-bond donors (Lipinski definition) is 0. The van der Waals surface area contributed by atoms with Gasteiger partial charge in [0, 0.05) is 46.8 Å². The molecule has 1 saturated heterocycles. The van der Waals surface area contributed by atoms with Gasteiger partial charge in [0.1, 0.15) is 0 Å². The van der Waals surface area contributed by atoms with Crippen molar-refractivity contribution in [2.75, 3.05) is 53.7 Å². The van der Waals surface area contributed by atoms with Crippen LogP contribution in [0.2, 0.25) is 0 Å². The zero-order valence-electron chi connectivity index (χ0n) is 11.8. The Hall–Kier alpha value is -1.41. The van der Waals surface area contributed by atoms with Gasteiger partial charge in [-0.05, 0) is 0 Å². The van der Waals surface area contributed by atoms with Crippen LogP contribution in [0.1, 0.15) is 6.42 Å². The van der Waals surface area contributed by atoms with E-state index in [0.717, 1.165) is 0 Å². The number of halogens is 1. The first-order chi connectivity index (χ1) is 9.63. The van der Waals surface area contributed by atoms with Gasteiger partial charge in [-0.1, -0.05) is 0 Å². The molecule has 20 heavy (non-hydrogen) atoms. The fraction of sp³-hybridized carbons (Fsp3) is 0.833. The van der Waals surface area contributed by atoms with Gasteiger partial charge in [-0.2, -0.15) is 0 Å². The highest BCUT2D eigenvalue weighted by atomic mass is 19.1. The van der Waals surface area contributed by atoms with E-state index in [4.69, 9.17) is 14.2 Å². The maximum atomic E-state index is 11.9.